The molecule has 16 heavy (non-hydrogen) atoms. The van der Waals surface area contributed by atoms with E-state index in [9.17, 15) is 4.39 Å². The first-order chi connectivity index (χ1) is 7.70. The van der Waals surface area contributed by atoms with Crippen molar-refractivity contribution < 1.29 is 9.13 Å². The van der Waals surface area contributed by atoms with Gasteiger partial charge in [0.15, 0.2) is 11.6 Å². The summed E-state index contributed by atoms with van der Waals surface area (Å²) >= 11 is 0. The topological polar surface area (TPSA) is 21.3 Å². The van der Waals surface area contributed by atoms with Crippen molar-refractivity contribution in [2.45, 2.75) is 33.2 Å². The lowest BCUT2D eigenvalue weighted by Gasteiger charge is -2.17. The summed E-state index contributed by atoms with van der Waals surface area (Å²) in [6, 6.07) is 5.17. The fourth-order valence-electron chi connectivity index (χ4n) is 1.64. The summed E-state index contributed by atoms with van der Waals surface area (Å²) < 4.78 is 19.1. The van der Waals surface area contributed by atoms with Gasteiger partial charge in [-0.05, 0) is 26.0 Å². The monoisotopic (exact) mass is 225 g/mol. The van der Waals surface area contributed by atoms with Crippen LogP contribution in [0.3, 0.4) is 0 Å². The van der Waals surface area contributed by atoms with Crippen LogP contribution in [0.2, 0.25) is 0 Å². The average Bonchev–Trinajstić information content (AvgIpc) is 2.27. The molecule has 1 atom stereocenters. The zero-order valence-corrected chi connectivity index (χ0v) is 10.2. The fraction of sp³-hybridized carbons (Fsp3) is 0.538. The first kappa shape index (κ1) is 13.0. The molecule has 0 saturated carbocycles. The first-order valence-electron chi connectivity index (χ1n) is 5.85. The Labute approximate surface area is 96.8 Å². The van der Waals surface area contributed by atoms with Crippen molar-refractivity contribution in [3.05, 3.63) is 29.6 Å². The molecule has 2 nitrogen and oxygen atoms in total. The van der Waals surface area contributed by atoms with E-state index in [1.807, 2.05) is 26.8 Å². The number of ether oxygens (including phenoxy) is 1. The maximum absolute atomic E-state index is 13.6. The Morgan fingerprint density at radius 1 is 1.38 bits per heavy atom. The Balaban J connectivity index is 2.92. The van der Waals surface area contributed by atoms with E-state index in [0.717, 1.165) is 18.5 Å². The molecular weight excluding hydrogens is 205 g/mol. The number of benzene rings is 1. The van der Waals surface area contributed by atoms with Crippen molar-refractivity contribution in [2.24, 2.45) is 0 Å². The highest BCUT2D eigenvalue weighted by molar-refractivity contribution is 5.37. The molecule has 0 aromatic heterocycles. The molecule has 3 heteroatoms. The first-order valence-corrected chi connectivity index (χ1v) is 5.85. The largest absolute Gasteiger partial charge is 0.490 e. The van der Waals surface area contributed by atoms with Crippen LogP contribution in [0.4, 0.5) is 4.39 Å². The smallest absolute Gasteiger partial charge is 0.165 e. The van der Waals surface area contributed by atoms with Gasteiger partial charge >= 0.3 is 0 Å². The molecule has 0 aliphatic carbocycles. The van der Waals surface area contributed by atoms with E-state index in [1.165, 1.54) is 6.07 Å². The second kappa shape index (κ2) is 6.48. The highest BCUT2D eigenvalue weighted by atomic mass is 19.1. The number of para-hydroxylation sites is 1. The Morgan fingerprint density at radius 3 is 2.75 bits per heavy atom. The van der Waals surface area contributed by atoms with Crippen LogP contribution in [-0.2, 0) is 0 Å². The third-order valence-corrected chi connectivity index (χ3v) is 2.42. The van der Waals surface area contributed by atoms with Crippen LogP contribution in [0, 0.1) is 5.82 Å². The van der Waals surface area contributed by atoms with E-state index >= 15 is 0 Å². The molecule has 0 aliphatic rings. The van der Waals surface area contributed by atoms with E-state index in [1.54, 1.807) is 6.07 Å². The van der Waals surface area contributed by atoms with Gasteiger partial charge in [-0.25, -0.2) is 4.39 Å². The molecule has 1 rings (SSSR count). The van der Waals surface area contributed by atoms with E-state index in [2.05, 4.69) is 5.32 Å². The summed E-state index contributed by atoms with van der Waals surface area (Å²) in [5.41, 5.74) is 0.885. The van der Waals surface area contributed by atoms with Crippen molar-refractivity contribution in [1.82, 2.24) is 5.32 Å². The maximum Gasteiger partial charge on any atom is 0.165 e. The van der Waals surface area contributed by atoms with Crippen LogP contribution in [0.25, 0.3) is 0 Å². The second-order valence-corrected chi connectivity index (χ2v) is 3.79. The Kier molecular flexibility index (Phi) is 5.26. The summed E-state index contributed by atoms with van der Waals surface area (Å²) in [7, 11) is 0. The standard InChI is InChI=1S/C13H20FNO/c1-4-9-16-13-11(10(3)15-5-2)7-6-8-12(13)14/h6-8,10,15H,4-5,9H2,1-3H3. The summed E-state index contributed by atoms with van der Waals surface area (Å²) in [6.07, 6.45) is 0.878. The summed E-state index contributed by atoms with van der Waals surface area (Å²) in [5, 5.41) is 3.26. The van der Waals surface area contributed by atoms with Crippen LogP contribution < -0.4 is 10.1 Å². The van der Waals surface area contributed by atoms with Gasteiger partial charge in [-0.2, -0.15) is 0 Å². The van der Waals surface area contributed by atoms with Gasteiger partial charge in [-0.3, -0.25) is 0 Å². The Hall–Kier alpha value is -1.09. The number of nitrogens with one attached hydrogen (secondary N) is 1. The van der Waals surface area contributed by atoms with Crippen molar-refractivity contribution in [1.29, 1.82) is 0 Å². The molecule has 90 valence electrons. The molecule has 0 saturated heterocycles. The van der Waals surface area contributed by atoms with Crippen molar-refractivity contribution in [3.8, 4) is 5.75 Å². The summed E-state index contributed by atoms with van der Waals surface area (Å²) in [5.74, 6) is 0.105. The zero-order chi connectivity index (χ0) is 12.0. The molecule has 0 fully saturated rings. The Morgan fingerprint density at radius 2 is 2.12 bits per heavy atom. The quantitative estimate of drug-likeness (QED) is 0.802. The normalized spacial score (nSPS) is 12.5. The predicted molar refractivity (Wildman–Crippen MR) is 64.3 cm³/mol. The third kappa shape index (κ3) is 3.20. The van der Waals surface area contributed by atoms with Gasteiger partial charge in [0.05, 0.1) is 6.61 Å². The minimum absolute atomic E-state index is 0.104. The molecule has 1 aromatic rings. The van der Waals surface area contributed by atoms with Crippen molar-refractivity contribution in [2.75, 3.05) is 13.2 Å². The molecule has 1 aromatic carbocycles. The van der Waals surface area contributed by atoms with E-state index < -0.39 is 0 Å². The SMILES string of the molecule is CCCOc1c(F)cccc1C(C)NCC. The van der Waals surface area contributed by atoms with E-state index in [0.29, 0.717) is 12.4 Å². The highest BCUT2D eigenvalue weighted by Crippen LogP contribution is 2.28. The van der Waals surface area contributed by atoms with Crippen LogP contribution in [-0.4, -0.2) is 13.2 Å². The molecule has 0 aliphatic heterocycles. The van der Waals surface area contributed by atoms with Crippen LogP contribution in [0.1, 0.15) is 38.8 Å². The minimum Gasteiger partial charge on any atom is -0.490 e. The number of hydrogen-bond acceptors (Lipinski definition) is 2. The minimum atomic E-state index is -0.282. The lowest BCUT2D eigenvalue weighted by atomic mass is 10.1. The Bertz CT molecular complexity index is 328. The zero-order valence-electron chi connectivity index (χ0n) is 10.2. The van der Waals surface area contributed by atoms with Gasteiger partial charge in [0.1, 0.15) is 0 Å². The molecule has 0 spiro atoms. The van der Waals surface area contributed by atoms with Gasteiger partial charge in [-0.15, -0.1) is 0 Å². The van der Waals surface area contributed by atoms with Gasteiger partial charge in [0.25, 0.3) is 0 Å². The molecule has 0 radical (unpaired) electrons. The van der Waals surface area contributed by atoms with E-state index in [4.69, 9.17) is 4.74 Å². The summed E-state index contributed by atoms with van der Waals surface area (Å²) in [6.45, 7) is 7.45. The maximum atomic E-state index is 13.6. The lowest BCUT2D eigenvalue weighted by Crippen LogP contribution is -2.19. The third-order valence-electron chi connectivity index (χ3n) is 2.42. The van der Waals surface area contributed by atoms with Crippen LogP contribution in [0.15, 0.2) is 18.2 Å². The number of hydrogen-bond donors (Lipinski definition) is 1. The molecule has 0 amide bonds. The van der Waals surface area contributed by atoms with Crippen LogP contribution in [0.5, 0.6) is 5.75 Å². The van der Waals surface area contributed by atoms with Crippen molar-refractivity contribution >= 4 is 0 Å². The van der Waals surface area contributed by atoms with Gasteiger partial charge < -0.3 is 10.1 Å². The molecule has 0 heterocycles. The molecular formula is C13H20FNO. The van der Waals surface area contributed by atoms with E-state index in [-0.39, 0.29) is 11.9 Å². The van der Waals surface area contributed by atoms with Crippen LogP contribution >= 0.6 is 0 Å². The summed E-state index contributed by atoms with van der Waals surface area (Å²) in [4.78, 5) is 0. The van der Waals surface area contributed by atoms with Gasteiger partial charge in [-0.1, -0.05) is 26.0 Å². The molecule has 1 unspecified atom stereocenters. The molecule has 1 N–H and O–H groups in total. The van der Waals surface area contributed by atoms with Gasteiger partial charge in [0, 0.05) is 11.6 Å². The average molecular weight is 225 g/mol. The number of rotatable bonds is 6. The van der Waals surface area contributed by atoms with Crippen molar-refractivity contribution in [3.63, 3.8) is 0 Å². The second-order valence-electron chi connectivity index (χ2n) is 3.79. The van der Waals surface area contributed by atoms with Gasteiger partial charge in [0.2, 0.25) is 0 Å². The number of halogens is 1. The highest BCUT2D eigenvalue weighted by Gasteiger charge is 2.14. The molecule has 0 bridgehead atoms. The predicted octanol–water partition coefficient (Wildman–Crippen LogP) is 3.29. The lowest BCUT2D eigenvalue weighted by molar-refractivity contribution is 0.295. The fourth-order valence-corrected chi connectivity index (χ4v) is 1.64.